The van der Waals surface area contributed by atoms with Gasteiger partial charge in [0.15, 0.2) is 0 Å². The van der Waals surface area contributed by atoms with E-state index in [9.17, 15) is 18.3 Å². The zero-order chi connectivity index (χ0) is 16.9. The summed E-state index contributed by atoms with van der Waals surface area (Å²) in [6, 6.07) is 0. The molecule has 6 nitrogen and oxygen atoms in total. The van der Waals surface area contributed by atoms with E-state index >= 15 is 0 Å². The highest BCUT2D eigenvalue weighted by Crippen LogP contribution is 2.32. The molecule has 1 aliphatic heterocycles. The topological polar surface area (TPSA) is 83.9 Å². The number of aliphatic carboxylic acids is 1. The summed E-state index contributed by atoms with van der Waals surface area (Å²) in [6.07, 6.45) is 5.63. The molecule has 0 bridgehead atoms. The van der Waals surface area contributed by atoms with Crippen LogP contribution in [0, 0.1) is 5.41 Å². The van der Waals surface area contributed by atoms with Crippen LogP contribution >= 0.6 is 0 Å². The SMILES string of the molecule is C=C/C=C1/O[C@@H](CC(C)(C)C(=O)O)CN([SH](=O)=O)/C1=C/C=C. The Labute approximate surface area is 132 Å². The molecule has 0 radical (unpaired) electrons. The summed E-state index contributed by atoms with van der Waals surface area (Å²) in [6.45, 7) is 10.3. The maximum absolute atomic E-state index is 11.5. The molecule has 0 aromatic carbocycles. The first-order valence-electron chi connectivity index (χ1n) is 6.70. The Bertz CT molecular complexity index is 593. The van der Waals surface area contributed by atoms with Gasteiger partial charge < -0.3 is 9.84 Å². The third-order valence-electron chi connectivity index (χ3n) is 3.26. The highest BCUT2D eigenvalue weighted by atomic mass is 32.2. The number of rotatable bonds is 6. The molecule has 0 saturated carbocycles. The number of carbonyl (C=O) groups is 1. The summed E-state index contributed by atoms with van der Waals surface area (Å²) in [5.74, 6) is -0.637. The minimum Gasteiger partial charge on any atom is -0.486 e. The Morgan fingerprint density at radius 3 is 2.45 bits per heavy atom. The van der Waals surface area contributed by atoms with Crippen LogP contribution in [0.4, 0.5) is 0 Å². The number of hydrogen-bond acceptors (Lipinski definition) is 4. The normalized spacial score (nSPS) is 22.7. The van der Waals surface area contributed by atoms with Gasteiger partial charge in [0.1, 0.15) is 11.9 Å². The molecule has 1 saturated heterocycles. The minimum atomic E-state index is -2.88. The Morgan fingerprint density at radius 2 is 2.00 bits per heavy atom. The lowest BCUT2D eigenvalue weighted by Crippen LogP contribution is -2.42. The summed E-state index contributed by atoms with van der Waals surface area (Å²) in [4.78, 5) is 11.2. The van der Waals surface area contributed by atoms with Crippen LogP contribution in [0.2, 0.25) is 0 Å². The second-order valence-electron chi connectivity index (χ2n) is 5.51. The third-order valence-corrected chi connectivity index (χ3v) is 4.03. The molecule has 1 fully saturated rings. The van der Waals surface area contributed by atoms with Crippen LogP contribution in [-0.2, 0) is 20.4 Å². The molecular weight excluding hydrogens is 306 g/mol. The number of allylic oxidation sites excluding steroid dienone is 4. The molecule has 0 amide bonds. The fraction of sp³-hybridized carbons (Fsp3) is 0.400. The minimum absolute atomic E-state index is 0.0591. The van der Waals surface area contributed by atoms with E-state index in [0.717, 1.165) is 0 Å². The lowest BCUT2D eigenvalue weighted by molar-refractivity contribution is -0.149. The number of thiol groups is 1. The van der Waals surface area contributed by atoms with Crippen molar-refractivity contribution in [3.63, 3.8) is 0 Å². The molecule has 0 aliphatic carbocycles. The summed E-state index contributed by atoms with van der Waals surface area (Å²) >= 11 is 0. The Kier molecular flexibility index (Phi) is 5.99. The van der Waals surface area contributed by atoms with E-state index in [-0.39, 0.29) is 13.0 Å². The van der Waals surface area contributed by atoms with Gasteiger partial charge in [0.2, 0.25) is 10.9 Å². The number of nitrogens with zero attached hydrogens (tertiary/aromatic N) is 1. The number of hydrogen-bond donors (Lipinski definition) is 2. The molecule has 1 rings (SSSR count). The van der Waals surface area contributed by atoms with E-state index in [1.165, 1.54) is 22.5 Å². The van der Waals surface area contributed by atoms with E-state index < -0.39 is 28.4 Å². The zero-order valence-electron chi connectivity index (χ0n) is 12.7. The van der Waals surface area contributed by atoms with Crippen molar-refractivity contribution in [1.29, 1.82) is 0 Å². The maximum atomic E-state index is 11.5. The molecule has 0 aromatic rings. The molecule has 1 N–H and O–H groups in total. The predicted octanol–water partition coefficient (Wildman–Crippen LogP) is 1.85. The second kappa shape index (κ2) is 7.31. The molecule has 7 heteroatoms. The predicted molar refractivity (Wildman–Crippen MR) is 84.5 cm³/mol. The monoisotopic (exact) mass is 327 g/mol. The van der Waals surface area contributed by atoms with Crippen LogP contribution in [0.1, 0.15) is 20.3 Å². The molecule has 1 atom stereocenters. The smallest absolute Gasteiger partial charge is 0.309 e. The Balaban J connectivity index is 3.16. The molecule has 1 heterocycles. The van der Waals surface area contributed by atoms with Crippen molar-refractivity contribution in [3.05, 3.63) is 48.9 Å². The Hall–Kier alpha value is -2.02. The van der Waals surface area contributed by atoms with Gasteiger partial charge in [0, 0.05) is 6.42 Å². The quantitative estimate of drug-likeness (QED) is 0.728. The number of carboxylic acids is 1. The summed E-state index contributed by atoms with van der Waals surface area (Å²) < 4.78 is 29.9. The molecule has 0 unspecified atom stereocenters. The van der Waals surface area contributed by atoms with Gasteiger partial charge in [-0.2, -0.15) is 0 Å². The fourth-order valence-corrected chi connectivity index (χ4v) is 2.78. The lowest BCUT2D eigenvalue weighted by atomic mass is 9.86. The van der Waals surface area contributed by atoms with Crippen molar-refractivity contribution in [2.24, 2.45) is 5.41 Å². The van der Waals surface area contributed by atoms with Gasteiger partial charge >= 0.3 is 5.97 Å². The number of morpholine rings is 1. The van der Waals surface area contributed by atoms with Gasteiger partial charge in [-0.15, -0.1) is 0 Å². The summed E-state index contributed by atoms with van der Waals surface area (Å²) in [5.41, 5.74) is -0.667. The maximum Gasteiger partial charge on any atom is 0.309 e. The number of carboxylic acid groups (broad SMARTS) is 1. The number of ether oxygens (including phenoxy) is 1. The van der Waals surface area contributed by atoms with Gasteiger partial charge in [0.05, 0.1) is 17.7 Å². The highest BCUT2D eigenvalue weighted by molar-refractivity contribution is 7.70. The van der Waals surface area contributed by atoms with Crippen LogP contribution in [0.15, 0.2) is 48.9 Å². The average Bonchev–Trinajstić information content (AvgIpc) is 2.40. The largest absolute Gasteiger partial charge is 0.486 e. The van der Waals surface area contributed by atoms with E-state index in [0.29, 0.717) is 11.5 Å². The first kappa shape index (κ1) is 18.0. The van der Waals surface area contributed by atoms with E-state index in [1.807, 2.05) is 0 Å². The van der Waals surface area contributed by atoms with Crippen molar-refractivity contribution in [1.82, 2.24) is 4.31 Å². The van der Waals surface area contributed by atoms with Gasteiger partial charge in [-0.05, 0) is 26.0 Å². The zero-order valence-corrected chi connectivity index (χ0v) is 13.6. The lowest BCUT2D eigenvalue weighted by Gasteiger charge is -2.37. The highest BCUT2D eigenvalue weighted by Gasteiger charge is 2.36. The molecular formula is C15H21NO5S. The van der Waals surface area contributed by atoms with E-state index in [2.05, 4.69) is 13.2 Å². The first-order valence-corrected chi connectivity index (χ1v) is 7.83. The molecule has 122 valence electrons. The Morgan fingerprint density at radius 1 is 1.41 bits per heavy atom. The van der Waals surface area contributed by atoms with Crippen LogP contribution in [0.3, 0.4) is 0 Å². The fourth-order valence-electron chi connectivity index (χ4n) is 2.12. The molecule has 22 heavy (non-hydrogen) atoms. The summed E-state index contributed by atoms with van der Waals surface area (Å²) in [7, 11) is -2.88. The second-order valence-corrected chi connectivity index (χ2v) is 6.47. The third kappa shape index (κ3) is 4.24. The van der Waals surface area contributed by atoms with Crippen molar-refractivity contribution in [2.45, 2.75) is 26.4 Å². The van der Waals surface area contributed by atoms with Crippen LogP contribution in [0.5, 0.6) is 0 Å². The molecule has 0 aromatic heterocycles. The molecule has 0 spiro atoms. The first-order chi connectivity index (χ1) is 10.2. The van der Waals surface area contributed by atoms with Gasteiger partial charge in [0.25, 0.3) is 0 Å². The average molecular weight is 327 g/mol. The van der Waals surface area contributed by atoms with Crippen molar-refractivity contribution < 1.29 is 23.1 Å². The molecule has 1 aliphatic rings. The van der Waals surface area contributed by atoms with E-state index in [1.54, 1.807) is 19.9 Å². The summed E-state index contributed by atoms with van der Waals surface area (Å²) in [5, 5.41) is 9.21. The van der Waals surface area contributed by atoms with Crippen molar-refractivity contribution in [2.75, 3.05) is 6.54 Å². The van der Waals surface area contributed by atoms with Crippen LogP contribution in [0.25, 0.3) is 0 Å². The van der Waals surface area contributed by atoms with Crippen molar-refractivity contribution in [3.8, 4) is 0 Å². The van der Waals surface area contributed by atoms with Gasteiger partial charge in [-0.3, -0.25) is 9.10 Å². The van der Waals surface area contributed by atoms with Crippen molar-refractivity contribution >= 4 is 16.9 Å². The van der Waals surface area contributed by atoms with Gasteiger partial charge in [-0.1, -0.05) is 25.3 Å². The van der Waals surface area contributed by atoms with Gasteiger partial charge in [-0.25, -0.2) is 8.42 Å². The van der Waals surface area contributed by atoms with Crippen LogP contribution < -0.4 is 0 Å². The van der Waals surface area contributed by atoms with Crippen LogP contribution in [-0.4, -0.2) is 36.4 Å². The van der Waals surface area contributed by atoms with E-state index in [4.69, 9.17) is 4.74 Å². The standard InChI is InChI=1S/C15H21NO5S/c1-5-7-12-13(8-6-2)21-11(10-16(12)22(19)20)9-15(3,4)14(17)18/h5-8,11,22H,1-2,9-10H2,3-4H3,(H,17,18)/b12-7+,13-8+/t11-/m0/s1.